The molecule has 2 rings (SSSR count). The monoisotopic (exact) mass is 241 g/mol. The lowest BCUT2D eigenvalue weighted by molar-refractivity contribution is -0.149. The van der Waals surface area contributed by atoms with Gasteiger partial charge in [-0.3, -0.25) is 4.79 Å². The van der Waals surface area contributed by atoms with Crippen molar-refractivity contribution in [1.82, 2.24) is 10.2 Å². The average Bonchev–Trinajstić information content (AvgIpc) is 2.66. The third-order valence-corrected chi connectivity index (χ3v) is 4.07. The van der Waals surface area contributed by atoms with Crippen LogP contribution < -0.4 is 4.90 Å². The van der Waals surface area contributed by atoms with Crippen LogP contribution in [0.25, 0.3) is 0 Å². The molecular formula is C10H15N3O2S. The minimum absolute atomic E-state index is 0.573. The number of hydrogen-bond acceptors (Lipinski definition) is 5. The number of hydrogen-bond donors (Lipinski definition) is 1. The van der Waals surface area contributed by atoms with E-state index in [9.17, 15) is 4.79 Å². The van der Waals surface area contributed by atoms with Crippen molar-refractivity contribution in [3.63, 3.8) is 0 Å². The van der Waals surface area contributed by atoms with E-state index in [0.29, 0.717) is 12.8 Å². The molecule has 1 saturated heterocycles. The molecular weight excluding hydrogens is 226 g/mol. The third kappa shape index (κ3) is 2.02. The summed E-state index contributed by atoms with van der Waals surface area (Å²) in [5, 5.41) is 19.0. The average molecular weight is 241 g/mol. The van der Waals surface area contributed by atoms with Crippen LogP contribution in [-0.4, -0.2) is 34.4 Å². The Bertz CT molecular complexity index is 397. The molecule has 0 radical (unpaired) electrons. The molecule has 16 heavy (non-hydrogen) atoms. The zero-order valence-corrected chi connectivity index (χ0v) is 10.3. The molecule has 6 heteroatoms. The van der Waals surface area contributed by atoms with Crippen LogP contribution in [0.15, 0.2) is 0 Å². The summed E-state index contributed by atoms with van der Waals surface area (Å²) in [4.78, 5) is 13.2. The van der Waals surface area contributed by atoms with Crippen molar-refractivity contribution in [3.05, 3.63) is 5.01 Å². The summed E-state index contributed by atoms with van der Waals surface area (Å²) in [6, 6.07) is 0. The molecule has 0 saturated carbocycles. The van der Waals surface area contributed by atoms with E-state index in [4.69, 9.17) is 5.11 Å². The highest BCUT2D eigenvalue weighted by molar-refractivity contribution is 7.15. The van der Waals surface area contributed by atoms with E-state index in [1.807, 2.05) is 13.8 Å². The van der Waals surface area contributed by atoms with Gasteiger partial charge in [-0.25, -0.2) is 0 Å². The van der Waals surface area contributed by atoms with Crippen LogP contribution in [0.1, 0.15) is 24.8 Å². The van der Waals surface area contributed by atoms with Gasteiger partial charge in [0.2, 0.25) is 5.13 Å². The molecule has 0 atom stereocenters. The first-order valence-corrected chi connectivity index (χ1v) is 6.11. The fourth-order valence-electron chi connectivity index (χ4n) is 1.82. The summed E-state index contributed by atoms with van der Waals surface area (Å²) in [6.45, 7) is 5.24. The van der Waals surface area contributed by atoms with Crippen LogP contribution in [0, 0.1) is 12.3 Å². The SMILES string of the molecule is Cc1nnc(N2CCC(C)(C(=O)O)CC2)s1. The Morgan fingerprint density at radius 3 is 2.50 bits per heavy atom. The second kappa shape index (κ2) is 4.01. The lowest BCUT2D eigenvalue weighted by atomic mass is 9.81. The lowest BCUT2D eigenvalue weighted by Crippen LogP contribution is -2.42. The molecule has 0 aliphatic carbocycles. The number of anilines is 1. The van der Waals surface area contributed by atoms with E-state index in [-0.39, 0.29) is 0 Å². The smallest absolute Gasteiger partial charge is 0.309 e. The topological polar surface area (TPSA) is 66.3 Å². The van der Waals surface area contributed by atoms with Crippen LogP contribution in [0.4, 0.5) is 5.13 Å². The molecule has 0 bridgehead atoms. The number of aliphatic carboxylic acids is 1. The van der Waals surface area contributed by atoms with Gasteiger partial charge in [-0.1, -0.05) is 11.3 Å². The summed E-state index contributed by atoms with van der Waals surface area (Å²) in [7, 11) is 0. The Morgan fingerprint density at radius 1 is 1.44 bits per heavy atom. The van der Waals surface area contributed by atoms with Crippen LogP contribution in [0.2, 0.25) is 0 Å². The lowest BCUT2D eigenvalue weighted by Gasteiger charge is -2.35. The van der Waals surface area contributed by atoms with E-state index in [1.54, 1.807) is 11.3 Å². The second-order valence-corrected chi connectivity index (χ2v) is 5.62. The highest BCUT2D eigenvalue weighted by atomic mass is 32.1. The van der Waals surface area contributed by atoms with Crippen LogP contribution >= 0.6 is 11.3 Å². The fraction of sp³-hybridized carbons (Fsp3) is 0.700. The van der Waals surface area contributed by atoms with Gasteiger partial charge in [-0.15, -0.1) is 10.2 Å². The maximum Gasteiger partial charge on any atom is 0.309 e. The third-order valence-electron chi connectivity index (χ3n) is 3.17. The van der Waals surface area contributed by atoms with Crippen LogP contribution in [0.5, 0.6) is 0 Å². The predicted molar refractivity (Wildman–Crippen MR) is 61.8 cm³/mol. The van der Waals surface area contributed by atoms with Gasteiger partial charge in [0, 0.05) is 13.1 Å². The number of piperidine rings is 1. The molecule has 0 amide bonds. The Morgan fingerprint density at radius 2 is 2.06 bits per heavy atom. The van der Waals surface area contributed by atoms with Gasteiger partial charge in [0.1, 0.15) is 5.01 Å². The Hall–Kier alpha value is -1.17. The van der Waals surface area contributed by atoms with Crippen LogP contribution in [-0.2, 0) is 4.79 Å². The minimum atomic E-state index is -0.694. The van der Waals surface area contributed by atoms with Crippen molar-refractivity contribution in [2.45, 2.75) is 26.7 Å². The first-order valence-electron chi connectivity index (χ1n) is 5.30. The first-order chi connectivity index (χ1) is 7.51. The van der Waals surface area contributed by atoms with Crippen molar-refractivity contribution < 1.29 is 9.90 Å². The molecule has 1 fully saturated rings. The Labute approximate surface area is 98.1 Å². The van der Waals surface area contributed by atoms with Gasteiger partial charge >= 0.3 is 5.97 Å². The summed E-state index contributed by atoms with van der Waals surface area (Å²) in [6.07, 6.45) is 1.34. The first kappa shape index (κ1) is 11.3. The number of nitrogens with zero attached hydrogens (tertiary/aromatic N) is 3. The molecule has 1 aromatic heterocycles. The Balaban J connectivity index is 2.03. The van der Waals surface area contributed by atoms with Gasteiger partial charge in [-0.05, 0) is 26.7 Å². The molecule has 0 unspecified atom stereocenters. The quantitative estimate of drug-likeness (QED) is 0.850. The predicted octanol–water partition coefficient (Wildman–Crippen LogP) is 1.54. The van der Waals surface area contributed by atoms with Crippen molar-refractivity contribution in [3.8, 4) is 0 Å². The number of carboxylic acid groups (broad SMARTS) is 1. The van der Waals surface area contributed by atoms with Gasteiger partial charge in [0.05, 0.1) is 5.41 Å². The highest BCUT2D eigenvalue weighted by Crippen LogP contribution is 2.33. The van der Waals surface area contributed by atoms with Gasteiger partial charge in [-0.2, -0.15) is 0 Å². The molecule has 1 aromatic rings. The van der Waals surface area contributed by atoms with Gasteiger partial charge in [0.15, 0.2) is 0 Å². The highest BCUT2D eigenvalue weighted by Gasteiger charge is 2.37. The van der Waals surface area contributed by atoms with Gasteiger partial charge < -0.3 is 10.0 Å². The summed E-state index contributed by atoms with van der Waals surface area (Å²) < 4.78 is 0. The molecule has 5 nitrogen and oxygen atoms in total. The normalized spacial score (nSPS) is 19.8. The molecule has 1 aliphatic heterocycles. The standard InChI is InChI=1S/C10H15N3O2S/c1-7-11-12-9(16-7)13-5-3-10(2,4-6-13)8(14)15/h3-6H2,1-2H3,(H,14,15). The van der Waals surface area contributed by atoms with E-state index >= 15 is 0 Å². The minimum Gasteiger partial charge on any atom is -0.481 e. The number of aromatic nitrogens is 2. The number of rotatable bonds is 2. The zero-order valence-electron chi connectivity index (χ0n) is 9.43. The number of carbonyl (C=O) groups is 1. The summed E-state index contributed by atoms with van der Waals surface area (Å²) >= 11 is 1.56. The molecule has 0 aromatic carbocycles. The maximum atomic E-state index is 11.1. The molecule has 0 spiro atoms. The summed E-state index contributed by atoms with van der Waals surface area (Å²) in [5.74, 6) is -0.694. The van der Waals surface area contributed by atoms with E-state index in [1.165, 1.54) is 0 Å². The van der Waals surface area contributed by atoms with Crippen molar-refractivity contribution in [2.75, 3.05) is 18.0 Å². The van der Waals surface area contributed by atoms with Crippen molar-refractivity contribution in [2.24, 2.45) is 5.41 Å². The maximum absolute atomic E-state index is 11.1. The molecule has 1 aliphatic rings. The molecule has 1 N–H and O–H groups in total. The summed E-state index contributed by atoms with van der Waals surface area (Å²) in [5.41, 5.74) is -0.573. The van der Waals surface area contributed by atoms with E-state index in [2.05, 4.69) is 15.1 Å². The van der Waals surface area contributed by atoms with Crippen molar-refractivity contribution in [1.29, 1.82) is 0 Å². The largest absolute Gasteiger partial charge is 0.481 e. The number of carboxylic acids is 1. The fourth-order valence-corrected chi connectivity index (χ4v) is 2.56. The van der Waals surface area contributed by atoms with Gasteiger partial charge in [0.25, 0.3) is 0 Å². The zero-order chi connectivity index (χ0) is 11.8. The molecule has 88 valence electrons. The van der Waals surface area contributed by atoms with E-state index in [0.717, 1.165) is 23.2 Å². The number of aryl methyl sites for hydroxylation is 1. The van der Waals surface area contributed by atoms with Crippen molar-refractivity contribution >= 4 is 22.4 Å². The van der Waals surface area contributed by atoms with E-state index < -0.39 is 11.4 Å². The second-order valence-electron chi connectivity index (χ2n) is 4.46. The van der Waals surface area contributed by atoms with Crippen LogP contribution in [0.3, 0.4) is 0 Å². The Kier molecular flexibility index (Phi) is 2.84. The molecule has 2 heterocycles.